The Morgan fingerprint density at radius 2 is 1.93 bits per heavy atom. The number of carbonyl (C=O) groups is 1. The molecule has 14 heavy (non-hydrogen) atoms. The molecular formula is C11H21NO2. The minimum atomic E-state index is -0.105. The van der Waals surface area contributed by atoms with Gasteiger partial charge in [0.1, 0.15) is 0 Å². The van der Waals surface area contributed by atoms with Gasteiger partial charge < -0.3 is 10.4 Å². The van der Waals surface area contributed by atoms with E-state index in [1.807, 2.05) is 13.8 Å². The summed E-state index contributed by atoms with van der Waals surface area (Å²) in [7, 11) is 0. The smallest absolute Gasteiger partial charge is 0.222 e. The number of hydrogen-bond acceptors (Lipinski definition) is 2. The summed E-state index contributed by atoms with van der Waals surface area (Å²) in [6.07, 6.45) is 3.76. The van der Waals surface area contributed by atoms with Crippen LogP contribution >= 0.6 is 0 Å². The van der Waals surface area contributed by atoms with Gasteiger partial charge in [-0.1, -0.05) is 13.8 Å². The molecule has 0 spiro atoms. The third kappa shape index (κ3) is 3.66. The number of rotatable bonds is 3. The highest BCUT2D eigenvalue weighted by molar-refractivity contribution is 5.77. The van der Waals surface area contributed by atoms with Crippen LogP contribution in [-0.4, -0.2) is 23.7 Å². The fourth-order valence-electron chi connectivity index (χ4n) is 1.80. The highest BCUT2D eigenvalue weighted by atomic mass is 16.3. The molecule has 0 saturated heterocycles. The maximum absolute atomic E-state index is 11.3. The van der Waals surface area contributed by atoms with E-state index >= 15 is 0 Å². The maximum Gasteiger partial charge on any atom is 0.222 e. The van der Waals surface area contributed by atoms with Crippen molar-refractivity contribution in [3.63, 3.8) is 0 Å². The van der Waals surface area contributed by atoms with Crippen LogP contribution < -0.4 is 5.32 Å². The third-order valence-corrected chi connectivity index (χ3v) is 2.91. The summed E-state index contributed by atoms with van der Waals surface area (Å²) in [4.78, 5) is 11.3. The van der Waals surface area contributed by atoms with Gasteiger partial charge in [0.25, 0.3) is 0 Å². The monoisotopic (exact) mass is 199 g/mol. The summed E-state index contributed by atoms with van der Waals surface area (Å²) in [6.45, 7) is 4.59. The van der Waals surface area contributed by atoms with Gasteiger partial charge in [-0.05, 0) is 31.6 Å². The molecule has 0 unspecified atom stereocenters. The van der Waals surface area contributed by atoms with E-state index in [2.05, 4.69) is 5.32 Å². The van der Waals surface area contributed by atoms with Crippen LogP contribution in [-0.2, 0) is 4.79 Å². The Morgan fingerprint density at radius 3 is 2.43 bits per heavy atom. The van der Waals surface area contributed by atoms with Gasteiger partial charge in [-0.15, -0.1) is 0 Å². The van der Waals surface area contributed by atoms with Crippen LogP contribution in [0.15, 0.2) is 0 Å². The van der Waals surface area contributed by atoms with Crippen LogP contribution in [0.4, 0.5) is 0 Å². The van der Waals surface area contributed by atoms with Crippen LogP contribution in [0.2, 0.25) is 0 Å². The molecule has 0 radical (unpaired) electrons. The fourth-order valence-corrected chi connectivity index (χ4v) is 1.80. The molecule has 0 aromatic rings. The Labute approximate surface area is 85.9 Å². The molecule has 1 rings (SSSR count). The Hall–Kier alpha value is -0.570. The van der Waals surface area contributed by atoms with Crippen molar-refractivity contribution < 1.29 is 9.90 Å². The van der Waals surface area contributed by atoms with Gasteiger partial charge >= 0.3 is 0 Å². The van der Waals surface area contributed by atoms with Crippen molar-refractivity contribution in [1.82, 2.24) is 5.32 Å². The van der Waals surface area contributed by atoms with Crippen LogP contribution in [0.1, 0.15) is 39.5 Å². The lowest BCUT2D eigenvalue weighted by Gasteiger charge is -2.25. The molecule has 0 aromatic heterocycles. The second-order valence-electron chi connectivity index (χ2n) is 4.57. The number of carbonyl (C=O) groups excluding carboxylic acids is 1. The van der Waals surface area contributed by atoms with Crippen LogP contribution in [0.25, 0.3) is 0 Å². The lowest BCUT2D eigenvalue weighted by Crippen LogP contribution is -2.34. The minimum absolute atomic E-state index is 0.0733. The first-order valence-corrected chi connectivity index (χ1v) is 5.55. The van der Waals surface area contributed by atoms with E-state index in [0.717, 1.165) is 32.2 Å². The Kier molecular flexibility index (Phi) is 4.39. The highest BCUT2D eigenvalue weighted by Gasteiger charge is 2.19. The average molecular weight is 199 g/mol. The van der Waals surface area contributed by atoms with Gasteiger partial charge in [0.2, 0.25) is 5.91 Å². The summed E-state index contributed by atoms with van der Waals surface area (Å²) in [6, 6.07) is 0. The summed E-state index contributed by atoms with van der Waals surface area (Å²) >= 11 is 0. The molecule has 1 saturated carbocycles. The lowest BCUT2D eigenvalue weighted by atomic mass is 9.87. The molecule has 2 N–H and O–H groups in total. The first kappa shape index (κ1) is 11.5. The zero-order valence-corrected chi connectivity index (χ0v) is 9.12. The highest BCUT2D eigenvalue weighted by Crippen LogP contribution is 2.23. The molecule has 0 heterocycles. The largest absolute Gasteiger partial charge is 0.393 e. The van der Waals surface area contributed by atoms with E-state index in [1.54, 1.807) is 0 Å². The quantitative estimate of drug-likeness (QED) is 0.720. The number of hydrogen-bond donors (Lipinski definition) is 2. The molecular weight excluding hydrogens is 178 g/mol. The van der Waals surface area contributed by atoms with Gasteiger partial charge in [-0.25, -0.2) is 0 Å². The second kappa shape index (κ2) is 5.35. The standard InChI is InChI=1S/C11H21NO2/c1-8(2)11(14)12-7-9-3-5-10(13)6-4-9/h8-10,13H,3-7H2,1-2H3,(H,12,14). The molecule has 3 heteroatoms. The van der Waals surface area contributed by atoms with Gasteiger partial charge in [0.15, 0.2) is 0 Å². The van der Waals surface area contributed by atoms with Crippen molar-refractivity contribution in [3.8, 4) is 0 Å². The van der Waals surface area contributed by atoms with E-state index in [1.165, 1.54) is 0 Å². The Balaban J connectivity index is 2.16. The van der Waals surface area contributed by atoms with Crippen molar-refractivity contribution in [2.45, 2.75) is 45.6 Å². The van der Waals surface area contributed by atoms with Gasteiger partial charge in [-0.2, -0.15) is 0 Å². The minimum Gasteiger partial charge on any atom is -0.393 e. The average Bonchev–Trinajstić information content (AvgIpc) is 2.16. The summed E-state index contributed by atoms with van der Waals surface area (Å²) in [5, 5.41) is 12.3. The third-order valence-electron chi connectivity index (χ3n) is 2.91. The van der Waals surface area contributed by atoms with Gasteiger partial charge in [0.05, 0.1) is 6.10 Å². The second-order valence-corrected chi connectivity index (χ2v) is 4.57. The molecule has 0 bridgehead atoms. The van der Waals surface area contributed by atoms with Crippen molar-refractivity contribution in [3.05, 3.63) is 0 Å². The van der Waals surface area contributed by atoms with Crippen LogP contribution in [0, 0.1) is 11.8 Å². The molecule has 1 aliphatic rings. The zero-order chi connectivity index (χ0) is 10.6. The summed E-state index contributed by atoms with van der Waals surface area (Å²) in [5.41, 5.74) is 0. The normalized spacial score (nSPS) is 27.7. The number of aliphatic hydroxyl groups excluding tert-OH is 1. The Bertz CT molecular complexity index is 184. The molecule has 0 atom stereocenters. The van der Waals surface area contributed by atoms with E-state index in [0.29, 0.717) is 5.92 Å². The molecule has 3 nitrogen and oxygen atoms in total. The van der Waals surface area contributed by atoms with E-state index in [-0.39, 0.29) is 17.9 Å². The van der Waals surface area contributed by atoms with E-state index in [4.69, 9.17) is 0 Å². The number of amides is 1. The first-order valence-electron chi connectivity index (χ1n) is 5.55. The van der Waals surface area contributed by atoms with Crippen molar-refractivity contribution >= 4 is 5.91 Å². The Morgan fingerprint density at radius 1 is 1.36 bits per heavy atom. The molecule has 0 aromatic carbocycles. The summed E-state index contributed by atoms with van der Waals surface area (Å²) in [5.74, 6) is 0.779. The van der Waals surface area contributed by atoms with Gasteiger partial charge in [-0.3, -0.25) is 4.79 Å². The van der Waals surface area contributed by atoms with Crippen LogP contribution in [0.3, 0.4) is 0 Å². The van der Waals surface area contributed by atoms with Crippen molar-refractivity contribution in [2.24, 2.45) is 11.8 Å². The number of aliphatic hydroxyl groups is 1. The van der Waals surface area contributed by atoms with Crippen molar-refractivity contribution in [2.75, 3.05) is 6.54 Å². The predicted octanol–water partition coefficient (Wildman–Crippen LogP) is 1.31. The molecule has 0 aliphatic heterocycles. The zero-order valence-electron chi connectivity index (χ0n) is 9.12. The predicted molar refractivity (Wildman–Crippen MR) is 55.8 cm³/mol. The van der Waals surface area contributed by atoms with Gasteiger partial charge in [0, 0.05) is 12.5 Å². The first-order chi connectivity index (χ1) is 6.59. The molecule has 1 fully saturated rings. The number of nitrogens with one attached hydrogen (secondary N) is 1. The van der Waals surface area contributed by atoms with Crippen molar-refractivity contribution in [1.29, 1.82) is 0 Å². The molecule has 82 valence electrons. The lowest BCUT2D eigenvalue weighted by molar-refractivity contribution is -0.124. The topological polar surface area (TPSA) is 49.3 Å². The van der Waals surface area contributed by atoms with Crippen LogP contribution in [0.5, 0.6) is 0 Å². The maximum atomic E-state index is 11.3. The van der Waals surface area contributed by atoms with E-state index < -0.39 is 0 Å². The molecule has 1 aliphatic carbocycles. The fraction of sp³-hybridized carbons (Fsp3) is 0.909. The summed E-state index contributed by atoms with van der Waals surface area (Å²) < 4.78 is 0. The SMILES string of the molecule is CC(C)C(=O)NCC1CCC(O)CC1. The molecule has 1 amide bonds. The van der Waals surface area contributed by atoms with E-state index in [9.17, 15) is 9.90 Å².